The number of piperidine rings is 1. The lowest BCUT2D eigenvalue weighted by Crippen LogP contribution is -2.46. The molecule has 1 aromatic carbocycles. The number of benzene rings is 1. The minimum absolute atomic E-state index is 0.164. The van der Waals surface area contributed by atoms with E-state index in [0.29, 0.717) is 5.78 Å². The van der Waals surface area contributed by atoms with Crippen molar-refractivity contribution in [3.63, 3.8) is 0 Å². The molecule has 0 spiro atoms. The van der Waals surface area contributed by atoms with Gasteiger partial charge >= 0.3 is 0 Å². The zero-order chi connectivity index (χ0) is 11.9. The van der Waals surface area contributed by atoms with Crippen LogP contribution in [0.5, 0.6) is 0 Å². The maximum Gasteiger partial charge on any atom is 0.135 e. The van der Waals surface area contributed by atoms with Crippen molar-refractivity contribution in [2.45, 2.75) is 38.1 Å². The quantitative estimate of drug-likeness (QED) is 0.737. The maximum atomic E-state index is 11.3. The summed E-state index contributed by atoms with van der Waals surface area (Å²) in [5.41, 5.74) is 3.14. The fourth-order valence-electron chi connectivity index (χ4n) is 3.35. The zero-order valence-electron chi connectivity index (χ0n) is 10.4. The van der Waals surface area contributed by atoms with Gasteiger partial charge in [0.05, 0.1) is 0 Å². The van der Waals surface area contributed by atoms with E-state index in [1.807, 2.05) is 0 Å². The molecule has 0 saturated carbocycles. The van der Waals surface area contributed by atoms with Gasteiger partial charge in [0.2, 0.25) is 0 Å². The third-order valence-electron chi connectivity index (χ3n) is 4.50. The molecular formula is C15H19NO. The number of likely N-dealkylation sites (tertiary alicyclic amines) is 1. The number of carbonyl (C=O) groups is 1. The fraction of sp³-hybridized carbons (Fsp3) is 0.533. The van der Waals surface area contributed by atoms with Gasteiger partial charge in [-0.15, -0.1) is 0 Å². The molecule has 1 unspecified atom stereocenters. The van der Waals surface area contributed by atoms with Crippen LogP contribution in [-0.2, 0) is 16.8 Å². The third kappa shape index (κ3) is 1.71. The molecule has 0 N–H and O–H groups in total. The molecule has 17 heavy (non-hydrogen) atoms. The van der Waals surface area contributed by atoms with Gasteiger partial charge in [-0.1, -0.05) is 24.3 Å². The van der Waals surface area contributed by atoms with Crippen LogP contribution in [-0.4, -0.2) is 23.8 Å². The Hall–Kier alpha value is -1.15. The van der Waals surface area contributed by atoms with Crippen molar-refractivity contribution >= 4 is 5.78 Å². The molecule has 1 aliphatic heterocycles. The summed E-state index contributed by atoms with van der Waals surface area (Å²) in [6.45, 7) is 4.21. The highest BCUT2D eigenvalue weighted by molar-refractivity contribution is 5.79. The van der Waals surface area contributed by atoms with Gasteiger partial charge in [0.15, 0.2) is 0 Å². The normalized spacial score (nSPS) is 29.4. The number of fused-ring (bicyclic) bond motifs is 1. The molecule has 0 aromatic heterocycles. The maximum absolute atomic E-state index is 11.3. The van der Waals surface area contributed by atoms with Crippen molar-refractivity contribution in [2.75, 3.05) is 13.1 Å². The van der Waals surface area contributed by atoms with Crippen LogP contribution in [0.3, 0.4) is 0 Å². The summed E-state index contributed by atoms with van der Waals surface area (Å²) < 4.78 is 0. The van der Waals surface area contributed by atoms with E-state index in [0.717, 1.165) is 25.9 Å². The first-order valence-electron chi connectivity index (χ1n) is 6.55. The number of carbonyl (C=O) groups excluding carboxylic acids is 1. The Balaban J connectivity index is 1.90. The van der Waals surface area contributed by atoms with Crippen LogP contribution in [0.4, 0.5) is 0 Å². The van der Waals surface area contributed by atoms with Crippen molar-refractivity contribution in [1.29, 1.82) is 0 Å². The van der Waals surface area contributed by atoms with Gasteiger partial charge in [0.25, 0.3) is 0 Å². The van der Waals surface area contributed by atoms with Crippen molar-refractivity contribution in [2.24, 2.45) is 0 Å². The predicted molar refractivity (Wildman–Crippen MR) is 67.9 cm³/mol. The molecule has 1 atom stereocenters. The molecule has 2 aliphatic rings. The van der Waals surface area contributed by atoms with E-state index in [2.05, 4.69) is 36.1 Å². The molecular weight excluding hydrogens is 210 g/mol. The Morgan fingerprint density at radius 3 is 2.59 bits per heavy atom. The van der Waals surface area contributed by atoms with Crippen LogP contribution in [0.1, 0.15) is 37.3 Å². The number of nitrogens with zero attached hydrogens (tertiary/aromatic N) is 1. The monoisotopic (exact) mass is 229 g/mol. The predicted octanol–water partition coefficient (Wildman–Crippen LogP) is 2.51. The van der Waals surface area contributed by atoms with E-state index in [9.17, 15) is 4.79 Å². The van der Waals surface area contributed by atoms with E-state index in [-0.39, 0.29) is 5.54 Å². The average Bonchev–Trinajstić information content (AvgIpc) is 2.70. The summed E-state index contributed by atoms with van der Waals surface area (Å²) in [7, 11) is 0. The number of hydrogen-bond acceptors (Lipinski definition) is 2. The zero-order valence-corrected chi connectivity index (χ0v) is 10.4. The Bertz CT molecular complexity index is 444. The Kier molecular flexibility index (Phi) is 2.55. The number of Topliss-reactive ketones (excluding diaryl/α,β-unsaturated/α-hetero) is 1. The largest absolute Gasteiger partial charge is 0.300 e. The van der Waals surface area contributed by atoms with E-state index >= 15 is 0 Å². The van der Waals surface area contributed by atoms with E-state index in [4.69, 9.17) is 0 Å². The highest BCUT2D eigenvalue weighted by Crippen LogP contribution is 2.42. The van der Waals surface area contributed by atoms with Crippen LogP contribution >= 0.6 is 0 Å². The van der Waals surface area contributed by atoms with E-state index in [1.54, 1.807) is 0 Å². The Morgan fingerprint density at radius 1 is 1.12 bits per heavy atom. The SMILES string of the molecule is CC1(N2CCC(=O)CC2)CCc2ccccc21. The summed E-state index contributed by atoms with van der Waals surface area (Å²) in [5.74, 6) is 0.427. The van der Waals surface area contributed by atoms with Gasteiger partial charge in [-0.05, 0) is 30.9 Å². The van der Waals surface area contributed by atoms with Crippen LogP contribution in [0.15, 0.2) is 24.3 Å². The highest BCUT2D eigenvalue weighted by Gasteiger charge is 2.40. The van der Waals surface area contributed by atoms with E-state index < -0.39 is 0 Å². The molecule has 3 rings (SSSR count). The number of ketones is 1. The van der Waals surface area contributed by atoms with Crippen LogP contribution in [0.2, 0.25) is 0 Å². The lowest BCUT2D eigenvalue weighted by molar-refractivity contribution is -0.122. The summed E-state index contributed by atoms with van der Waals surface area (Å²) in [6.07, 6.45) is 3.84. The minimum Gasteiger partial charge on any atom is -0.300 e. The fourth-order valence-corrected chi connectivity index (χ4v) is 3.35. The number of rotatable bonds is 1. The Morgan fingerprint density at radius 2 is 1.82 bits per heavy atom. The lowest BCUT2D eigenvalue weighted by atomic mass is 9.90. The Labute approximate surface area is 103 Å². The molecule has 2 heteroatoms. The molecule has 1 heterocycles. The van der Waals surface area contributed by atoms with Gasteiger partial charge in [-0.2, -0.15) is 0 Å². The second-order valence-electron chi connectivity index (χ2n) is 5.46. The van der Waals surface area contributed by atoms with Crippen molar-refractivity contribution in [3.05, 3.63) is 35.4 Å². The minimum atomic E-state index is 0.164. The molecule has 0 amide bonds. The van der Waals surface area contributed by atoms with Gasteiger partial charge in [0.1, 0.15) is 5.78 Å². The van der Waals surface area contributed by atoms with Gasteiger partial charge in [-0.25, -0.2) is 0 Å². The highest BCUT2D eigenvalue weighted by atomic mass is 16.1. The second kappa shape index (κ2) is 3.95. The third-order valence-corrected chi connectivity index (χ3v) is 4.50. The van der Waals surface area contributed by atoms with Gasteiger partial charge < -0.3 is 0 Å². The molecule has 1 aromatic rings. The average molecular weight is 229 g/mol. The van der Waals surface area contributed by atoms with Crippen LogP contribution in [0.25, 0.3) is 0 Å². The number of aryl methyl sites for hydroxylation is 1. The second-order valence-corrected chi connectivity index (χ2v) is 5.46. The topological polar surface area (TPSA) is 20.3 Å². The lowest BCUT2D eigenvalue weighted by Gasteiger charge is -2.41. The van der Waals surface area contributed by atoms with Crippen molar-refractivity contribution in [3.8, 4) is 0 Å². The van der Waals surface area contributed by atoms with Crippen molar-refractivity contribution in [1.82, 2.24) is 4.90 Å². The first-order valence-corrected chi connectivity index (χ1v) is 6.55. The number of hydrogen-bond donors (Lipinski definition) is 0. The summed E-state index contributed by atoms with van der Waals surface area (Å²) >= 11 is 0. The summed E-state index contributed by atoms with van der Waals surface area (Å²) in [6, 6.07) is 8.77. The first kappa shape index (κ1) is 11.0. The van der Waals surface area contributed by atoms with Gasteiger partial charge in [0, 0.05) is 31.5 Å². The van der Waals surface area contributed by atoms with Crippen LogP contribution in [0, 0.1) is 0 Å². The molecule has 0 bridgehead atoms. The summed E-state index contributed by atoms with van der Waals surface area (Å²) in [5, 5.41) is 0. The standard InChI is InChI=1S/C15H19NO/c1-15(16-10-7-13(17)8-11-16)9-6-12-4-2-3-5-14(12)15/h2-5H,6-11H2,1H3. The molecule has 1 saturated heterocycles. The molecule has 90 valence electrons. The molecule has 1 fully saturated rings. The molecule has 2 nitrogen and oxygen atoms in total. The first-order chi connectivity index (χ1) is 8.20. The van der Waals surface area contributed by atoms with Crippen molar-refractivity contribution < 1.29 is 4.79 Å². The summed E-state index contributed by atoms with van der Waals surface area (Å²) in [4.78, 5) is 13.9. The van der Waals surface area contributed by atoms with Crippen LogP contribution < -0.4 is 0 Å². The van der Waals surface area contributed by atoms with Gasteiger partial charge in [-0.3, -0.25) is 9.69 Å². The smallest absolute Gasteiger partial charge is 0.135 e. The van der Waals surface area contributed by atoms with E-state index in [1.165, 1.54) is 24.0 Å². The molecule has 1 aliphatic carbocycles. The molecule has 0 radical (unpaired) electrons.